The fourth-order valence-electron chi connectivity index (χ4n) is 4.78. The number of aliphatic hydroxyl groups is 1. The van der Waals surface area contributed by atoms with E-state index in [2.05, 4.69) is 46.7 Å². The van der Waals surface area contributed by atoms with Gasteiger partial charge in [0, 0.05) is 37.0 Å². The fourth-order valence-corrected chi connectivity index (χ4v) is 4.78. The second kappa shape index (κ2) is 14.2. The average molecular weight is 535 g/mol. The molecule has 0 bridgehead atoms. The molecule has 1 aromatic heterocycles. The van der Waals surface area contributed by atoms with Crippen molar-refractivity contribution in [1.29, 1.82) is 0 Å². The summed E-state index contributed by atoms with van der Waals surface area (Å²) < 4.78 is 18.0. The number of nitrogens with one attached hydrogen (secondary N) is 1. The second-order valence-corrected chi connectivity index (χ2v) is 9.44. The number of pyridine rings is 1. The quantitative estimate of drug-likeness (QED) is 0.255. The van der Waals surface area contributed by atoms with E-state index in [1.165, 1.54) is 5.56 Å². The number of ether oxygens (including phenoxy) is 3. The number of rotatable bonds is 11. The Morgan fingerprint density at radius 2 is 1.68 bits per heavy atom. The molecule has 1 aliphatic rings. The lowest BCUT2D eigenvalue weighted by molar-refractivity contribution is -0.0328. The van der Waals surface area contributed by atoms with E-state index in [4.69, 9.17) is 14.2 Å². The maximum absolute atomic E-state index is 10.8. The van der Waals surface area contributed by atoms with E-state index < -0.39 is 6.10 Å². The Morgan fingerprint density at radius 1 is 0.842 bits per heavy atom. The summed E-state index contributed by atoms with van der Waals surface area (Å²) >= 11 is 0. The van der Waals surface area contributed by atoms with Gasteiger partial charge in [0.05, 0.1) is 44.2 Å². The number of β-amino-alcohol motifs (C(OH)–C–C–N with tert-alkyl or cyclic N) is 1. The molecular formula is C31H35ClN2O4. The first-order valence-corrected chi connectivity index (χ1v) is 12.9. The smallest absolute Gasteiger partial charge is 0.119 e. The maximum atomic E-state index is 10.8. The highest BCUT2D eigenvalue weighted by atomic mass is 35.5. The first-order chi connectivity index (χ1) is 18.3. The van der Waals surface area contributed by atoms with E-state index in [0.717, 1.165) is 34.2 Å². The molecule has 3 unspecified atom stereocenters. The van der Waals surface area contributed by atoms with Crippen LogP contribution in [0.5, 0.6) is 5.75 Å². The van der Waals surface area contributed by atoms with Crippen LogP contribution < -0.4 is 10.1 Å². The Bertz CT molecular complexity index is 1260. The van der Waals surface area contributed by atoms with E-state index in [1.54, 1.807) is 6.20 Å². The van der Waals surface area contributed by atoms with Gasteiger partial charge in [0.2, 0.25) is 0 Å². The Hall–Kier alpha value is -3.00. The van der Waals surface area contributed by atoms with E-state index in [0.29, 0.717) is 39.5 Å². The summed E-state index contributed by atoms with van der Waals surface area (Å²) in [4.78, 5) is 4.44. The van der Waals surface area contributed by atoms with Gasteiger partial charge in [0.15, 0.2) is 0 Å². The molecule has 7 heteroatoms. The summed E-state index contributed by atoms with van der Waals surface area (Å²) in [7, 11) is 0. The fraction of sp³-hybridized carbons (Fsp3) is 0.323. The third kappa shape index (κ3) is 7.53. The Kier molecular flexibility index (Phi) is 10.5. The van der Waals surface area contributed by atoms with Crippen molar-refractivity contribution in [2.24, 2.45) is 0 Å². The van der Waals surface area contributed by atoms with Crippen molar-refractivity contribution in [3.63, 3.8) is 0 Å². The Labute approximate surface area is 230 Å². The third-order valence-electron chi connectivity index (χ3n) is 6.73. The topological polar surface area (TPSA) is 72.8 Å². The molecule has 2 N–H and O–H groups in total. The number of piperidine rings is 1. The van der Waals surface area contributed by atoms with Gasteiger partial charge in [-0.05, 0) is 41.0 Å². The van der Waals surface area contributed by atoms with Crippen LogP contribution in [0.15, 0.2) is 91.1 Å². The zero-order valence-corrected chi connectivity index (χ0v) is 22.2. The Balaban J connectivity index is 0.00000336. The van der Waals surface area contributed by atoms with Gasteiger partial charge in [-0.15, -0.1) is 12.4 Å². The van der Waals surface area contributed by atoms with Crippen LogP contribution in [-0.2, 0) is 22.7 Å². The molecule has 3 atom stereocenters. The minimum Gasteiger partial charge on any atom is -0.494 e. The van der Waals surface area contributed by atoms with Crippen LogP contribution in [0.2, 0.25) is 0 Å². The molecule has 4 aromatic rings. The van der Waals surface area contributed by atoms with E-state index in [-0.39, 0.29) is 24.4 Å². The van der Waals surface area contributed by atoms with Crippen LogP contribution in [0.25, 0.3) is 10.9 Å². The number of aromatic nitrogens is 1. The van der Waals surface area contributed by atoms with Crippen LogP contribution in [0.1, 0.15) is 29.0 Å². The van der Waals surface area contributed by atoms with Crippen molar-refractivity contribution < 1.29 is 19.3 Å². The largest absolute Gasteiger partial charge is 0.494 e. The van der Waals surface area contributed by atoms with Crippen molar-refractivity contribution in [1.82, 2.24) is 10.3 Å². The summed E-state index contributed by atoms with van der Waals surface area (Å²) in [6.45, 7) is 3.57. The third-order valence-corrected chi connectivity index (χ3v) is 6.73. The van der Waals surface area contributed by atoms with Crippen molar-refractivity contribution in [3.05, 3.63) is 108 Å². The van der Waals surface area contributed by atoms with Gasteiger partial charge < -0.3 is 24.6 Å². The minimum atomic E-state index is -0.523. The van der Waals surface area contributed by atoms with Crippen LogP contribution >= 0.6 is 12.4 Å². The summed E-state index contributed by atoms with van der Waals surface area (Å²) in [5, 5.41) is 15.2. The molecule has 1 saturated heterocycles. The minimum absolute atomic E-state index is 0. The van der Waals surface area contributed by atoms with Crippen molar-refractivity contribution in [2.45, 2.75) is 37.8 Å². The summed E-state index contributed by atoms with van der Waals surface area (Å²) in [6.07, 6.45) is 1.96. The van der Waals surface area contributed by atoms with Crippen molar-refractivity contribution >= 4 is 23.3 Å². The van der Waals surface area contributed by atoms with Crippen LogP contribution in [0.4, 0.5) is 0 Å². The van der Waals surface area contributed by atoms with Gasteiger partial charge >= 0.3 is 0 Å². The van der Waals surface area contributed by atoms with Gasteiger partial charge in [-0.2, -0.15) is 0 Å². The van der Waals surface area contributed by atoms with Gasteiger partial charge in [0.25, 0.3) is 0 Å². The molecule has 5 rings (SSSR count). The number of aliphatic hydroxyl groups excluding tert-OH is 1. The number of nitrogens with zero attached hydrogens (tertiary/aromatic N) is 1. The molecule has 200 valence electrons. The highest BCUT2D eigenvalue weighted by Gasteiger charge is 2.34. The SMILES string of the molecule is Cl.OC1CNCC(OCc2ccc3cccnc3c2)C1c1ccc(OCCCOCc2ccccc2)cc1. The highest BCUT2D eigenvalue weighted by molar-refractivity contribution is 5.85. The van der Waals surface area contributed by atoms with Gasteiger partial charge in [-0.25, -0.2) is 0 Å². The number of benzene rings is 3. The molecule has 3 aromatic carbocycles. The summed E-state index contributed by atoms with van der Waals surface area (Å²) in [5.41, 5.74) is 4.26. The van der Waals surface area contributed by atoms with Crippen molar-refractivity contribution in [2.75, 3.05) is 26.3 Å². The zero-order valence-electron chi connectivity index (χ0n) is 21.4. The zero-order chi connectivity index (χ0) is 25.3. The van der Waals surface area contributed by atoms with E-state index in [9.17, 15) is 5.11 Å². The second-order valence-electron chi connectivity index (χ2n) is 9.44. The molecule has 0 saturated carbocycles. The molecule has 0 radical (unpaired) electrons. The highest BCUT2D eigenvalue weighted by Crippen LogP contribution is 2.30. The number of halogens is 1. The van der Waals surface area contributed by atoms with Crippen LogP contribution in [-0.4, -0.2) is 48.6 Å². The predicted molar refractivity (Wildman–Crippen MR) is 152 cm³/mol. The van der Waals surface area contributed by atoms with Crippen LogP contribution in [0.3, 0.4) is 0 Å². The predicted octanol–water partition coefficient (Wildman–Crippen LogP) is 5.28. The molecule has 1 fully saturated rings. The molecule has 1 aliphatic heterocycles. The van der Waals surface area contributed by atoms with Gasteiger partial charge in [-0.3, -0.25) is 4.98 Å². The molecule has 38 heavy (non-hydrogen) atoms. The monoisotopic (exact) mass is 534 g/mol. The first-order valence-electron chi connectivity index (χ1n) is 12.9. The number of hydrogen-bond donors (Lipinski definition) is 2. The van der Waals surface area contributed by atoms with Gasteiger partial charge in [-0.1, -0.05) is 60.7 Å². The van der Waals surface area contributed by atoms with E-state index >= 15 is 0 Å². The molecule has 0 amide bonds. The summed E-state index contributed by atoms with van der Waals surface area (Å²) in [5.74, 6) is 0.705. The molecule has 6 nitrogen and oxygen atoms in total. The van der Waals surface area contributed by atoms with Gasteiger partial charge in [0.1, 0.15) is 5.75 Å². The normalized spacial score (nSPS) is 19.1. The molecular weight excluding hydrogens is 500 g/mol. The van der Waals surface area contributed by atoms with Crippen LogP contribution in [0, 0.1) is 0 Å². The first kappa shape index (κ1) is 28.0. The van der Waals surface area contributed by atoms with E-state index in [1.807, 2.05) is 48.5 Å². The molecule has 0 spiro atoms. The van der Waals surface area contributed by atoms with Crippen molar-refractivity contribution in [3.8, 4) is 5.75 Å². The lowest BCUT2D eigenvalue weighted by Crippen LogP contribution is -2.49. The number of hydrogen-bond acceptors (Lipinski definition) is 6. The summed E-state index contributed by atoms with van der Waals surface area (Å²) in [6, 6.07) is 28.4. The lowest BCUT2D eigenvalue weighted by Gasteiger charge is -2.36. The lowest BCUT2D eigenvalue weighted by atomic mass is 9.85. The molecule has 2 heterocycles. The average Bonchev–Trinajstić information content (AvgIpc) is 2.95. The maximum Gasteiger partial charge on any atom is 0.119 e. The number of fused-ring (bicyclic) bond motifs is 1. The molecule has 0 aliphatic carbocycles. The standard InChI is InChI=1S/C31H34N2O4.ClH/c34-29-19-32-20-30(37-22-24-9-10-25-8-4-15-33-28(25)18-24)31(29)26-11-13-27(14-12-26)36-17-5-16-35-21-23-6-2-1-3-7-23;/h1-4,6-15,18,29-32,34H,5,16-17,19-22H2;1H. The Morgan fingerprint density at radius 3 is 2.53 bits per heavy atom.